The second kappa shape index (κ2) is 12.1. The number of hydrogen-bond donors (Lipinski definition) is 1. The molecule has 0 radical (unpaired) electrons. The molecule has 6 heteroatoms. The molecule has 1 aromatic carbocycles. The van der Waals surface area contributed by atoms with E-state index in [-0.39, 0.29) is 11.9 Å². The largest absolute Gasteiger partial charge is 0.355 e. The van der Waals surface area contributed by atoms with E-state index in [1.807, 2.05) is 24.6 Å². The number of rotatable bonds is 12. The number of benzene rings is 1. The van der Waals surface area contributed by atoms with Crippen LogP contribution in [0.2, 0.25) is 0 Å². The lowest BCUT2D eigenvalue weighted by Crippen LogP contribution is -2.45. The van der Waals surface area contributed by atoms with Gasteiger partial charge in [0.15, 0.2) is 0 Å². The van der Waals surface area contributed by atoms with Crippen LogP contribution in [0.5, 0.6) is 0 Å². The summed E-state index contributed by atoms with van der Waals surface area (Å²) in [5.41, 5.74) is 4.41. The van der Waals surface area contributed by atoms with Gasteiger partial charge < -0.3 is 5.32 Å². The number of aryl methyl sites for hydroxylation is 2. The number of hydrogen-bond acceptors (Lipinski definition) is 4. The standard InChI is InChI=1S/C24H35N5O/c1-5-28(6-2)22(17-21-11-8-7-9-12-21)18-26-24(30)14-13-23-19(3)27-29(20(23)4)16-10-15-25/h7-9,11-12,22H,5-6,10,13-14,16-18H2,1-4H3,(H,26,30). The summed E-state index contributed by atoms with van der Waals surface area (Å²) >= 11 is 0. The van der Waals surface area contributed by atoms with Crippen LogP contribution in [-0.4, -0.2) is 46.3 Å². The highest BCUT2D eigenvalue weighted by molar-refractivity contribution is 5.76. The third-order valence-electron chi connectivity index (χ3n) is 5.75. The van der Waals surface area contributed by atoms with Gasteiger partial charge in [-0.3, -0.25) is 14.4 Å². The van der Waals surface area contributed by atoms with Crippen molar-refractivity contribution in [1.82, 2.24) is 20.0 Å². The molecule has 0 saturated heterocycles. The Morgan fingerprint density at radius 1 is 1.23 bits per heavy atom. The van der Waals surface area contributed by atoms with Gasteiger partial charge in [-0.2, -0.15) is 10.4 Å². The van der Waals surface area contributed by atoms with Crippen LogP contribution in [-0.2, 0) is 24.2 Å². The van der Waals surface area contributed by atoms with E-state index >= 15 is 0 Å². The predicted octanol–water partition coefficient (Wildman–Crippen LogP) is 3.42. The first kappa shape index (κ1) is 23.6. The Bertz CT molecular complexity index is 833. The minimum atomic E-state index is 0.0730. The quantitative estimate of drug-likeness (QED) is 0.583. The summed E-state index contributed by atoms with van der Waals surface area (Å²) in [6.45, 7) is 11.5. The minimum absolute atomic E-state index is 0.0730. The molecule has 0 aliphatic rings. The zero-order chi connectivity index (χ0) is 21.9. The highest BCUT2D eigenvalue weighted by Crippen LogP contribution is 2.16. The molecule has 0 spiro atoms. The summed E-state index contributed by atoms with van der Waals surface area (Å²) in [6.07, 6.45) is 2.48. The number of aromatic nitrogens is 2. The molecule has 1 atom stereocenters. The zero-order valence-corrected chi connectivity index (χ0v) is 18.8. The third-order valence-corrected chi connectivity index (χ3v) is 5.75. The van der Waals surface area contributed by atoms with Gasteiger partial charge >= 0.3 is 0 Å². The fourth-order valence-electron chi connectivity index (χ4n) is 3.98. The van der Waals surface area contributed by atoms with Gasteiger partial charge in [0.05, 0.1) is 24.7 Å². The van der Waals surface area contributed by atoms with Crippen LogP contribution in [0.4, 0.5) is 0 Å². The lowest BCUT2D eigenvalue weighted by atomic mass is 10.0. The molecule has 1 unspecified atom stereocenters. The number of likely N-dealkylation sites (N-methyl/N-ethyl adjacent to an activating group) is 1. The number of carbonyl (C=O) groups is 1. The van der Waals surface area contributed by atoms with Gasteiger partial charge in [0.25, 0.3) is 0 Å². The lowest BCUT2D eigenvalue weighted by Gasteiger charge is -2.30. The van der Waals surface area contributed by atoms with Gasteiger partial charge in [-0.15, -0.1) is 0 Å². The van der Waals surface area contributed by atoms with Crippen LogP contribution in [0.3, 0.4) is 0 Å². The number of nitrogens with one attached hydrogen (secondary N) is 1. The Morgan fingerprint density at radius 2 is 1.93 bits per heavy atom. The molecule has 162 valence electrons. The normalized spacial score (nSPS) is 12.0. The van der Waals surface area contributed by atoms with Crippen LogP contribution in [0.1, 0.15) is 49.2 Å². The van der Waals surface area contributed by atoms with Crippen molar-refractivity contribution in [1.29, 1.82) is 5.26 Å². The fraction of sp³-hybridized carbons (Fsp3) is 0.542. The van der Waals surface area contributed by atoms with Crippen LogP contribution >= 0.6 is 0 Å². The van der Waals surface area contributed by atoms with Crippen molar-refractivity contribution in [3.8, 4) is 6.07 Å². The lowest BCUT2D eigenvalue weighted by molar-refractivity contribution is -0.121. The Hall–Kier alpha value is -2.65. The molecular weight excluding hydrogens is 374 g/mol. The van der Waals surface area contributed by atoms with E-state index < -0.39 is 0 Å². The van der Waals surface area contributed by atoms with E-state index in [1.54, 1.807) is 0 Å². The molecule has 2 rings (SSSR count). The van der Waals surface area contributed by atoms with E-state index in [4.69, 9.17) is 5.26 Å². The molecule has 0 saturated carbocycles. The Balaban J connectivity index is 1.92. The maximum Gasteiger partial charge on any atom is 0.220 e. The van der Waals surface area contributed by atoms with E-state index in [0.717, 1.165) is 36.5 Å². The molecule has 0 aliphatic heterocycles. The zero-order valence-electron chi connectivity index (χ0n) is 18.8. The topological polar surface area (TPSA) is 74.0 Å². The van der Waals surface area contributed by atoms with Crippen molar-refractivity contribution in [3.05, 3.63) is 52.8 Å². The van der Waals surface area contributed by atoms with Crippen molar-refractivity contribution in [3.63, 3.8) is 0 Å². The average molecular weight is 410 g/mol. The van der Waals surface area contributed by atoms with Crippen LogP contribution < -0.4 is 5.32 Å². The van der Waals surface area contributed by atoms with Crippen molar-refractivity contribution in [2.75, 3.05) is 19.6 Å². The maximum atomic E-state index is 12.6. The summed E-state index contributed by atoms with van der Waals surface area (Å²) < 4.78 is 1.88. The molecule has 30 heavy (non-hydrogen) atoms. The summed E-state index contributed by atoms with van der Waals surface area (Å²) in [6, 6.07) is 12.9. The van der Waals surface area contributed by atoms with Gasteiger partial charge in [0.2, 0.25) is 5.91 Å². The Kier molecular flexibility index (Phi) is 9.56. The molecule has 1 amide bonds. The molecule has 0 aliphatic carbocycles. The molecular formula is C24H35N5O. The van der Waals surface area contributed by atoms with E-state index in [9.17, 15) is 4.79 Å². The number of nitriles is 1. The monoisotopic (exact) mass is 409 g/mol. The summed E-state index contributed by atoms with van der Waals surface area (Å²) in [5.74, 6) is 0.0730. The van der Waals surface area contributed by atoms with Gasteiger partial charge in [0, 0.05) is 24.7 Å². The highest BCUT2D eigenvalue weighted by Gasteiger charge is 2.18. The highest BCUT2D eigenvalue weighted by atomic mass is 16.1. The number of carbonyl (C=O) groups excluding carboxylic acids is 1. The van der Waals surface area contributed by atoms with Gasteiger partial charge in [-0.25, -0.2) is 0 Å². The summed E-state index contributed by atoms with van der Waals surface area (Å²) in [7, 11) is 0. The smallest absolute Gasteiger partial charge is 0.220 e. The van der Waals surface area contributed by atoms with E-state index in [2.05, 4.69) is 59.5 Å². The van der Waals surface area contributed by atoms with Crippen molar-refractivity contribution < 1.29 is 4.79 Å². The SMILES string of the molecule is CCN(CC)C(CNC(=O)CCc1c(C)nn(CCC#N)c1C)Cc1ccccc1. The first-order valence-corrected chi connectivity index (χ1v) is 10.9. The maximum absolute atomic E-state index is 12.6. The van der Waals surface area contributed by atoms with Crippen LogP contribution in [0.25, 0.3) is 0 Å². The Labute approximate surface area is 180 Å². The average Bonchev–Trinajstić information content (AvgIpc) is 3.02. The minimum Gasteiger partial charge on any atom is -0.355 e. The van der Waals surface area contributed by atoms with Gasteiger partial charge in [0.1, 0.15) is 0 Å². The fourth-order valence-corrected chi connectivity index (χ4v) is 3.98. The predicted molar refractivity (Wildman–Crippen MR) is 120 cm³/mol. The first-order valence-electron chi connectivity index (χ1n) is 10.9. The first-order chi connectivity index (χ1) is 14.5. The third kappa shape index (κ3) is 6.70. The molecule has 0 fully saturated rings. The molecule has 1 aromatic heterocycles. The van der Waals surface area contributed by atoms with E-state index in [0.29, 0.717) is 32.4 Å². The van der Waals surface area contributed by atoms with Gasteiger partial charge in [-0.05, 0) is 50.9 Å². The number of amides is 1. The molecule has 6 nitrogen and oxygen atoms in total. The van der Waals surface area contributed by atoms with Crippen LogP contribution in [0, 0.1) is 25.2 Å². The second-order valence-electron chi connectivity index (χ2n) is 7.65. The Morgan fingerprint density at radius 3 is 2.57 bits per heavy atom. The molecule has 1 heterocycles. The van der Waals surface area contributed by atoms with Crippen molar-refractivity contribution in [2.24, 2.45) is 0 Å². The molecule has 1 N–H and O–H groups in total. The summed E-state index contributed by atoms with van der Waals surface area (Å²) in [5, 5.41) is 16.5. The van der Waals surface area contributed by atoms with Crippen molar-refractivity contribution in [2.45, 2.75) is 66.0 Å². The summed E-state index contributed by atoms with van der Waals surface area (Å²) in [4.78, 5) is 15.0. The molecule has 2 aromatic rings. The van der Waals surface area contributed by atoms with Gasteiger partial charge in [-0.1, -0.05) is 44.2 Å². The molecule has 0 bridgehead atoms. The second-order valence-corrected chi connectivity index (χ2v) is 7.65. The van der Waals surface area contributed by atoms with Crippen LogP contribution in [0.15, 0.2) is 30.3 Å². The number of nitrogens with zero attached hydrogens (tertiary/aromatic N) is 4. The van der Waals surface area contributed by atoms with Crippen molar-refractivity contribution >= 4 is 5.91 Å². The van der Waals surface area contributed by atoms with E-state index in [1.165, 1.54) is 5.56 Å².